The smallest absolute Gasteiger partial charge is 0.226 e. The summed E-state index contributed by atoms with van der Waals surface area (Å²) in [5.41, 5.74) is 3.61. The molecule has 0 fully saturated rings. The maximum atomic E-state index is 12.8. The Morgan fingerprint density at radius 1 is 1.21 bits per heavy atom. The van der Waals surface area contributed by atoms with Gasteiger partial charge in [0.25, 0.3) is 0 Å². The summed E-state index contributed by atoms with van der Waals surface area (Å²) in [6, 6.07) is 11.5. The quantitative estimate of drug-likeness (QED) is 0.384. The Kier molecular flexibility index (Phi) is 5.70. The Labute approximate surface area is 200 Å². The number of methoxy groups -OCH3 is 2. The van der Waals surface area contributed by atoms with Crippen LogP contribution in [0.4, 0.5) is 5.82 Å². The number of rotatable bonds is 7. The van der Waals surface area contributed by atoms with E-state index in [9.17, 15) is 4.79 Å². The molecule has 4 aromatic rings. The van der Waals surface area contributed by atoms with E-state index in [1.54, 1.807) is 25.0 Å². The summed E-state index contributed by atoms with van der Waals surface area (Å²) in [5.74, 6) is 2.41. The number of nitrogens with zero attached hydrogens (tertiary/aromatic N) is 3. The number of thiazole rings is 1. The Morgan fingerprint density at radius 3 is 2.82 bits per heavy atom. The molecule has 9 heteroatoms. The van der Waals surface area contributed by atoms with E-state index >= 15 is 0 Å². The Balaban J connectivity index is 1.58. The summed E-state index contributed by atoms with van der Waals surface area (Å²) in [6.07, 6.45) is 1.99. The molecule has 0 saturated carbocycles. The molecule has 0 bridgehead atoms. The Morgan fingerprint density at radius 2 is 2.06 bits per heavy atom. The van der Waals surface area contributed by atoms with Crippen LogP contribution >= 0.6 is 11.3 Å². The van der Waals surface area contributed by atoms with Gasteiger partial charge in [0.05, 0.1) is 30.1 Å². The first-order valence-corrected chi connectivity index (χ1v) is 11.6. The lowest BCUT2D eigenvalue weighted by Crippen LogP contribution is -2.25. The van der Waals surface area contributed by atoms with E-state index < -0.39 is 0 Å². The third-order valence-corrected chi connectivity index (χ3v) is 6.81. The lowest BCUT2D eigenvalue weighted by atomic mass is 9.85. The fourth-order valence-corrected chi connectivity index (χ4v) is 5.20. The van der Waals surface area contributed by atoms with Gasteiger partial charge in [0.15, 0.2) is 11.5 Å². The van der Waals surface area contributed by atoms with Crippen LogP contribution in [0.2, 0.25) is 0 Å². The molecular weight excluding hydrogens is 452 g/mol. The first-order valence-electron chi connectivity index (χ1n) is 10.8. The third kappa shape index (κ3) is 3.77. The number of carbonyl (C=O) groups is 1. The molecule has 34 heavy (non-hydrogen) atoms. The highest BCUT2D eigenvalue weighted by molar-refractivity contribution is 7.20. The summed E-state index contributed by atoms with van der Waals surface area (Å²) in [7, 11) is 3.24. The molecule has 3 heterocycles. The number of amides is 1. The molecule has 0 radical (unpaired) electrons. The third-order valence-electron chi connectivity index (χ3n) is 5.81. The van der Waals surface area contributed by atoms with Gasteiger partial charge in [0.2, 0.25) is 11.0 Å². The van der Waals surface area contributed by atoms with Gasteiger partial charge in [-0.25, -0.2) is 4.98 Å². The molecule has 1 aliphatic rings. The Bertz CT molecular complexity index is 1410. The van der Waals surface area contributed by atoms with Crippen LogP contribution in [0.3, 0.4) is 0 Å². The zero-order chi connectivity index (χ0) is 23.8. The van der Waals surface area contributed by atoms with Crippen LogP contribution in [-0.2, 0) is 4.79 Å². The van der Waals surface area contributed by atoms with Crippen LogP contribution in [0, 0.1) is 6.92 Å². The van der Waals surface area contributed by atoms with Gasteiger partial charge in [-0.05, 0) is 42.8 Å². The second-order valence-electron chi connectivity index (χ2n) is 7.90. The molecule has 2 aromatic carbocycles. The number of ether oxygens (including phenoxy) is 3. The van der Waals surface area contributed by atoms with E-state index in [4.69, 9.17) is 24.3 Å². The van der Waals surface area contributed by atoms with Crippen molar-refractivity contribution in [1.82, 2.24) is 14.8 Å². The molecule has 0 aliphatic carbocycles. The number of aryl methyl sites for hydroxylation is 1. The topological polar surface area (TPSA) is 87.5 Å². The van der Waals surface area contributed by atoms with Crippen molar-refractivity contribution in [3.63, 3.8) is 0 Å². The van der Waals surface area contributed by atoms with Gasteiger partial charge in [-0.3, -0.25) is 4.79 Å². The number of nitrogens with one attached hydrogen (secondary N) is 1. The zero-order valence-corrected chi connectivity index (χ0v) is 19.9. The second-order valence-corrected chi connectivity index (χ2v) is 8.91. The van der Waals surface area contributed by atoms with E-state index in [0.29, 0.717) is 35.5 Å². The Hall–Kier alpha value is -3.85. The minimum atomic E-state index is -0.172. The number of hydrogen-bond donors (Lipinski definition) is 1. The first-order chi connectivity index (χ1) is 16.5. The van der Waals surface area contributed by atoms with Crippen LogP contribution in [0.25, 0.3) is 15.3 Å². The van der Waals surface area contributed by atoms with Crippen molar-refractivity contribution in [2.75, 3.05) is 26.1 Å². The molecule has 1 atom stereocenters. The fraction of sp³-hybridized carbons (Fsp3) is 0.240. The fourth-order valence-electron chi connectivity index (χ4n) is 4.25. The minimum absolute atomic E-state index is 0.0765. The van der Waals surface area contributed by atoms with Gasteiger partial charge in [-0.2, -0.15) is 9.78 Å². The highest BCUT2D eigenvalue weighted by Gasteiger charge is 2.33. The standard InChI is InChI=1S/C25H24N4O4S/c1-5-10-33-19-9-6-15(11-20(19)32-4)17-13-22(30)27-24-23(17)14(2)28-29(24)25-26-18-8-7-16(31-3)12-21(18)34-25/h5-9,11-12,17H,1,10,13H2,2-4H3,(H,27,30)/t17-/m1/s1. The SMILES string of the molecule is C=CCOc1ccc([C@H]2CC(=O)Nc3c2c(C)nn3-c2nc3ccc(OC)cc3s2)cc1OC. The van der Waals surface area contributed by atoms with Crippen molar-refractivity contribution < 1.29 is 19.0 Å². The molecule has 0 spiro atoms. The van der Waals surface area contributed by atoms with Crippen LogP contribution in [0.5, 0.6) is 17.2 Å². The largest absolute Gasteiger partial charge is 0.497 e. The molecule has 8 nitrogen and oxygen atoms in total. The maximum absolute atomic E-state index is 12.8. The molecule has 1 N–H and O–H groups in total. The second kappa shape index (κ2) is 8.83. The monoisotopic (exact) mass is 476 g/mol. The van der Waals surface area contributed by atoms with Gasteiger partial charge >= 0.3 is 0 Å². The van der Waals surface area contributed by atoms with Gasteiger partial charge < -0.3 is 19.5 Å². The summed E-state index contributed by atoms with van der Waals surface area (Å²) in [6.45, 7) is 6.02. The lowest BCUT2D eigenvalue weighted by molar-refractivity contribution is -0.116. The van der Waals surface area contributed by atoms with Gasteiger partial charge in [0, 0.05) is 17.9 Å². The molecule has 2 aromatic heterocycles. The zero-order valence-electron chi connectivity index (χ0n) is 19.1. The van der Waals surface area contributed by atoms with Crippen LogP contribution in [0.15, 0.2) is 49.1 Å². The molecule has 5 rings (SSSR count). The molecular formula is C25H24N4O4S. The predicted octanol–water partition coefficient (Wildman–Crippen LogP) is 4.85. The van der Waals surface area contributed by atoms with E-state index in [2.05, 4.69) is 11.9 Å². The number of carbonyl (C=O) groups excluding carboxylic acids is 1. The number of aromatic nitrogens is 3. The van der Waals surface area contributed by atoms with E-state index in [1.807, 2.05) is 43.3 Å². The highest BCUT2D eigenvalue weighted by Crippen LogP contribution is 2.43. The van der Waals surface area contributed by atoms with Crippen LogP contribution in [-0.4, -0.2) is 41.5 Å². The predicted molar refractivity (Wildman–Crippen MR) is 132 cm³/mol. The summed E-state index contributed by atoms with van der Waals surface area (Å²) in [4.78, 5) is 17.5. The number of hydrogen-bond acceptors (Lipinski definition) is 7. The summed E-state index contributed by atoms with van der Waals surface area (Å²) < 4.78 is 19.3. The lowest BCUT2D eigenvalue weighted by Gasteiger charge is -2.24. The van der Waals surface area contributed by atoms with Crippen LogP contribution in [0.1, 0.15) is 29.2 Å². The number of benzene rings is 2. The highest BCUT2D eigenvalue weighted by atomic mass is 32.1. The first kappa shape index (κ1) is 22.0. The molecule has 174 valence electrons. The van der Waals surface area contributed by atoms with Crippen molar-refractivity contribution >= 4 is 33.3 Å². The average Bonchev–Trinajstić information content (AvgIpc) is 3.42. The van der Waals surface area contributed by atoms with Crippen molar-refractivity contribution in [1.29, 1.82) is 0 Å². The number of anilines is 1. The maximum Gasteiger partial charge on any atom is 0.226 e. The summed E-state index contributed by atoms with van der Waals surface area (Å²) in [5, 5.41) is 8.46. The summed E-state index contributed by atoms with van der Waals surface area (Å²) >= 11 is 1.49. The van der Waals surface area contributed by atoms with Gasteiger partial charge in [-0.1, -0.05) is 30.1 Å². The van der Waals surface area contributed by atoms with E-state index in [0.717, 1.165) is 32.8 Å². The molecule has 0 saturated heterocycles. The van der Waals surface area contributed by atoms with E-state index in [-0.39, 0.29) is 11.8 Å². The van der Waals surface area contributed by atoms with Crippen LogP contribution < -0.4 is 19.5 Å². The van der Waals surface area contributed by atoms with Crippen molar-refractivity contribution in [2.45, 2.75) is 19.3 Å². The van der Waals surface area contributed by atoms with E-state index in [1.165, 1.54) is 11.3 Å². The van der Waals surface area contributed by atoms with Gasteiger partial charge in [-0.15, -0.1) is 0 Å². The van der Waals surface area contributed by atoms with Crippen molar-refractivity contribution in [3.8, 4) is 22.4 Å². The molecule has 1 aliphatic heterocycles. The van der Waals surface area contributed by atoms with Crippen molar-refractivity contribution in [3.05, 3.63) is 65.9 Å². The number of fused-ring (bicyclic) bond motifs is 2. The van der Waals surface area contributed by atoms with Gasteiger partial charge in [0.1, 0.15) is 18.2 Å². The minimum Gasteiger partial charge on any atom is -0.497 e. The average molecular weight is 477 g/mol. The van der Waals surface area contributed by atoms with Crippen molar-refractivity contribution in [2.24, 2.45) is 0 Å². The normalized spacial score (nSPS) is 15.0. The molecule has 0 unspecified atom stereocenters. The molecule has 1 amide bonds.